The molecular formula is C26H26N4. The largest absolute Gasteiger partial charge is 0.265 e. The fourth-order valence-corrected chi connectivity index (χ4v) is 4.55. The quantitative estimate of drug-likeness (QED) is 0.411. The van der Waals surface area contributed by atoms with Crippen LogP contribution in [-0.2, 0) is 6.42 Å². The molecule has 30 heavy (non-hydrogen) atoms. The Labute approximate surface area is 177 Å². The van der Waals surface area contributed by atoms with Crippen molar-refractivity contribution >= 4 is 22.6 Å². The van der Waals surface area contributed by atoms with E-state index >= 15 is 0 Å². The summed E-state index contributed by atoms with van der Waals surface area (Å²) < 4.78 is 2.31. The molecule has 1 fully saturated rings. The zero-order valence-corrected chi connectivity index (χ0v) is 17.3. The number of aromatic nitrogens is 4. The molecule has 150 valence electrons. The lowest BCUT2D eigenvalue weighted by molar-refractivity contribution is 0.478. The summed E-state index contributed by atoms with van der Waals surface area (Å²) in [4.78, 5) is 8.36. The van der Waals surface area contributed by atoms with E-state index in [-0.39, 0.29) is 0 Å². The average molecular weight is 395 g/mol. The fourth-order valence-electron chi connectivity index (χ4n) is 4.55. The number of hydrogen-bond donors (Lipinski definition) is 0. The van der Waals surface area contributed by atoms with Crippen LogP contribution in [0.15, 0.2) is 67.3 Å². The van der Waals surface area contributed by atoms with Crippen LogP contribution >= 0.6 is 0 Å². The lowest BCUT2D eigenvalue weighted by Gasteiger charge is -2.13. The molecule has 0 saturated heterocycles. The lowest BCUT2D eigenvalue weighted by atomic mass is 9.95. The van der Waals surface area contributed by atoms with Crippen LogP contribution in [0.1, 0.15) is 61.0 Å². The van der Waals surface area contributed by atoms with Gasteiger partial charge in [-0.25, -0.2) is 0 Å². The van der Waals surface area contributed by atoms with E-state index in [9.17, 15) is 0 Å². The van der Waals surface area contributed by atoms with Crippen LogP contribution < -0.4 is 0 Å². The van der Waals surface area contributed by atoms with Crippen molar-refractivity contribution < 1.29 is 0 Å². The zero-order valence-electron chi connectivity index (χ0n) is 17.3. The number of nitrogens with zero attached hydrogens (tertiary/aromatic N) is 4. The summed E-state index contributed by atoms with van der Waals surface area (Å²) in [6, 6.07) is 15.6. The molecule has 0 bridgehead atoms. The van der Waals surface area contributed by atoms with Crippen molar-refractivity contribution in [1.29, 1.82) is 0 Å². The molecule has 0 unspecified atom stereocenters. The topological polar surface area (TPSA) is 43.6 Å². The molecule has 4 aromatic rings. The monoisotopic (exact) mass is 394 g/mol. The first-order valence-electron chi connectivity index (χ1n) is 10.9. The Balaban J connectivity index is 1.68. The maximum Gasteiger partial charge on any atom is 0.0700 e. The van der Waals surface area contributed by atoms with Gasteiger partial charge in [-0.1, -0.05) is 31.9 Å². The molecule has 3 heterocycles. The van der Waals surface area contributed by atoms with Crippen LogP contribution in [0.4, 0.5) is 0 Å². The Morgan fingerprint density at radius 1 is 0.933 bits per heavy atom. The summed E-state index contributed by atoms with van der Waals surface area (Å²) in [5.74, 6) is 0. The minimum atomic E-state index is 0.525. The van der Waals surface area contributed by atoms with E-state index in [0.29, 0.717) is 6.04 Å². The molecule has 1 aliphatic rings. The van der Waals surface area contributed by atoms with Crippen LogP contribution in [0, 0.1) is 0 Å². The third-order valence-electron chi connectivity index (χ3n) is 6.11. The van der Waals surface area contributed by atoms with Crippen molar-refractivity contribution in [3.05, 3.63) is 89.6 Å². The Hall–Kier alpha value is -3.27. The number of hydrogen-bond acceptors (Lipinski definition) is 3. The Kier molecular flexibility index (Phi) is 5.14. The van der Waals surface area contributed by atoms with Gasteiger partial charge >= 0.3 is 0 Å². The summed E-state index contributed by atoms with van der Waals surface area (Å²) in [6.45, 7) is 2.19. The van der Waals surface area contributed by atoms with Gasteiger partial charge in [0.25, 0.3) is 0 Å². The van der Waals surface area contributed by atoms with Crippen LogP contribution in [0.2, 0.25) is 0 Å². The van der Waals surface area contributed by atoms with Crippen molar-refractivity contribution in [3.63, 3.8) is 0 Å². The number of aryl methyl sites for hydroxylation is 1. The van der Waals surface area contributed by atoms with Crippen molar-refractivity contribution in [1.82, 2.24) is 19.7 Å². The molecular weight excluding hydrogens is 368 g/mol. The summed E-state index contributed by atoms with van der Waals surface area (Å²) in [5.41, 5.74) is 7.13. The van der Waals surface area contributed by atoms with Gasteiger partial charge in [-0.15, -0.1) is 0 Å². The maximum absolute atomic E-state index is 5.03. The summed E-state index contributed by atoms with van der Waals surface area (Å²) in [5, 5.41) is 6.31. The molecule has 0 radical (unpaired) electrons. The fraction of sp³-hybridized carbons (Fsp3) is 0.269. The highest BCUT2D eigenvalue weighted by Gasteiger charge is 2.21. The molecule has 1 aromatic carbocycles. The first kappa shape index (κ1) is 18.7. The first-order valence-corrected chi connectivity index (χ1v) is 10.9. The highest BCUT2D eigenvalue weighted by Crippen LogP contribution is 2.35. The minimum Gasteiger partial charge on any atom is -0.265 e. The van der Waals surface area contributed by atoms with E-state index in [2.05, 4.69) is 58.0 Å². The minimum absolute atomic E-state index is 0.525. The normalized spacial score (nSPS) is 15.2. The Morgan fingerprint density at radius 2 is 1.63 bits per heavy atom. The SMILES string of the molecule is CCc1nn(C2CCCC2)c2cc(/C(=C\c3ccncc3)c3ccncc3)ccc12. The summed E-state index contributed by atoms with van der Waals surface area (Å²) in [7, 11) is 0. The second-order valence-electron chi connectivity index (χ2n) is 7.99. The third kappa shape index (κ3) is 3.54. The van der Waals surface area contributed by atoms with Crippen LogP contribution in [0.5, 0.6) is 0 Å². The molecule has 4 heteroatoms. The van der Waals surface area contributed by atoms with Gasteiger partial charge in [0.05, 0.1) is 17.3 Å². The van der Waals surface area contributed by atoms with E-state index in [1.165, 1.54) is 53.4 Å². The molecule has 0 atom stereocenters. The number of fused-ring (bicyclic) bond motifs is 1. The standard InChI is InChI=1S/C26H26N4/c1-2-25-23-8-7-21(18-26(23)30(29-25)22-5-3-4-6-22)24(20-11-15-28-16-12-20)17-19-9-13-27-14-10-19/h7-18,22H,2-6H2,1H3/b24-17-. The van der Waals surface area contributed by atoms with Crippen molar-refractivity contribution in [2.75, 3.05) is 0 Å². The molecule has 0 spiro atoms. The second-order valence-corrected chi connectivity index (χ2v) is 7.99. The Bertz CT molecular complexity index is 1170. The van der Waals surface area contributed by atoms with Crippen molar-refractivity contribution in [3.8, 4) is 0 Å². The van der Waals surface area contributed by atoms with Gasteiger partial charge < -0.3 is 0 Å². The first-order chi connectivity index (χ1) is 14.8. The molecule has 4 nitrogen and oxygen atoms in total. The maximum atomic E-state index is 5.03. The van der Waals surface area contributed by atoms with Gasteiger partial charge in [0.15, 0.2) is 0 Å². The van der Waals surface area contributed by atoms with Gasteiger partial charge in [0.1, 0.15) is 0 Å². The van der Waals surface area contributed by atoms with Gasteiger partial charge in [-0.3, -0.25) is 14.6 Å². The van der Waals surface area contributed by atoms with Crippen molar-refractivity contribution in [2.24, 2.45) is 0 Å². The average Bonchev–Trinajstić information content (AvgIpc) is 3.46. The van der Waals surface area contributed by atoms with E-state index in [4.69, 9.17) is 5.10 Å². The molecule has 1 aliphatic carbocycles. The molecule has 5 rings (SSSR count). The zero-order chi connectivity index (χ0) is 20.3. The van der Waals surface area contributed by atoms with E-state index in [0.717, 1.165) is 17.5 Å². The number of rotatable bonds is 5. The predicted molar refractivity (Wildman–Crippen MR) is 122 cm³/mol. The van der Waals surface area contributed by atoms with Crippen LogP contribution in [0.3, 0.4) is 0 Å². The summed E-state index contributed by atoms with van der Waals surface area (Å²) in [6.07, 6.45) is 15.6. The molecule has 3 aromatic heterocycles. The highest BCUT2D eigenvalue weighted by molar-refractivity contribution is 5.95. The van der Waals surface area contributed by atoms with E-state index in [1.54, 1.807) is 0 Å². The lowest BCUT2D eigenvalue weighted by Crippen LogP contribution is -2.06. The van der Waals surface area contributed by atoms with Gasteiger partial charge in [-0.05, 0) is 77.9 Å². The number of benzene rings is 1. The van der Waals surface area contributed by atoms with E-state index < -0.39 is 0 Å². The highest BCUT2D eigenvalue weighted by atomic mass is 15.3. The predicted octanol–water partition coefficient (Wildman–Crippen LogP) is 6.09. The Morgan fingerprint density at radius 3 is 2.33 bits per heavy atom. The molecule has 1 saturated carbocycles. The number of pyridine rings is 2. The van der Waals surface area contributed by atoms with Crippen LogP contribution in [-0.4, -0.2) is 19.7 Å². The summed E-state index contributed by atoms with van der Waals surface area (Å²) >= 11 is 0. The van der Waals surface area contributed by atoms with Gasteiger partial charge in [0, 0.05) is 30.2 Å². The van der Waals surface area contributed by atoms with Gasteiger partial charge in [-0.2, -0.15) is 5.10 Å². The second kappa shape index (κ2) is 8.23. The smallest absolute Gasteiger partial charge is 0.0700 e. The molecule has 0 amide bonds. The van der Waals surface area contributed by atoms with E-state index in [1.807, 2.05) is 36.9 Å². The molecule has 0 N–H and O–H groups in total. The van der Waals surface area contributed by atoms with Crippen molar-refractivity contribution in [2.45, 2.75) is 45.1 Å². The molecule has 0 aliphatic heterocycles. The van der Waals surface area contributed by atoms with Crippen LogP contribution in [0.25, 0.3) is 22.6 Å². The third-order valence-corrected chi connectivity index (χ3v) is 6.11. The van der Waals surface area contributed by atoms with Gasteiger partial charge in [0.2, 0.25) is 0 Å².